The molecule has 0 aromatic carbocycles. The van der Waals surface area contributed by atoms with Crippen molar-refractivity contribution in [3.63, 3.8) is 0 Å². The Labute approximate surface area is 187 Å². The maximum atomic E-state index is 9.06. The van der Waals surface area contributed by atoms with Gasteiger partial charge in [0.05, 0.1) is 18.8 Å². The second-order valence-electron chi connectivity index (χ2n) is 5.97. The lowest BCUT2D eigenvalue weighted by molar-refractivity contribution is 1.30. The number of hydrogen-bond donors (Lipinski definition) is 0. The average molecular weight is 453 g/mol. The second-order valence-corrected chi connectivity index (χ2v) is 9.29. The van der Waals surface area contributed by atoms with E-state index in [2.05, 4.69) is 9.97 Å². The lowest BCUT2D eigenvalue weighted by Gasteiger charge is -1.89. The van der Waals surface area contributed by atoms with E-state index in [0.29, 0.717) is 9.06 Å². The van der Waals surface area contributed by atoms with Crippen molar-refractivity contribution in [3.05, 3.63) is 64.5 Å². The van der Waals surface area contributed by atoms with E-state index in [9.17, 15) is 0 Å². The fraction of sp³-hybridized carbons (Fsp3) is 0. The summed E-state index contributed by atoms with van der Waals surface area (Å²) < 4.78 is 3.06. The van der Waals surface area contributed by atoms with Gasteiger partial charge in [0.2, 0.25) is 0 Å². The lowest BCUT2D eigenvalue weighted by atomic mass is 10.3. The number of nitriles is 4. The normalized spacial score (nSPS) is 11.5. The zero-order valence-corrected chi connectivity index (χ0v) is 18.0. The van der Waals surface area contributed by atoms with Crippen LogP contribution in [0.3, 0.4) is 0 Å². The highest BCUT2D eigenvalue weighted by molar-refractivity contribution is 7.16. The van der Waals surface area contributed by atoms with Crippen molar-refractivity contribution >= 4 is 68.3 Å². The Kier molecular flexibility index (Phi) is 5.67. The zero-order valence-electron chi connectivity index (χ0n) is 15.5. The quantitative estimate of drug-likeness (QED) is 0.458. The monoisotopic (exact) mass is 452 g/mol. The molecule has 0 radical (unpaired) electrons. The Morgan fingerprint density at radius 3 is 1.45 bits per heavy atom. The summed E-state index contributed by atoms with van der Waals surface area (Å²) in [7, 11) is 0. The van der Waals surface area contributed by atoms with Crippen LogP contribution >= 0.6 is 34.0 Å². The summed E-state index contributed by atoms with van der Waals surface area (Å²) in [6, 6.07) is 14.9. The van der Waals surface area contributed by atoms with E-state index >= 15 is 0 Å². The maximum Gasteiger partial charge on any atom is 0.146 e. The van der Waals surface area contributed by atoms with Crippen LogP contribution in [0.25, 0.3) is 34.3 Å². The van der Waals surface area contributed by atoms with Crippen molar-refractivity contribution in [1.29, 1.82) is 21.0 Å². The third kappa shape index (κ3) is 3.98. The molecule has 0 bridgehead atoms. The standard InChI is InChI=1S/C22H8N6S3/c23-9-13(10-24)17-3-1-15(29-17)7-19-21-22(28-6-5-27-21)20(31-19)8-16-2-4-18(30-16)14(11-25)12-26/h1-8H/b15-7+,16-8+. The predicted molar refractivity (Wildman–Crippen MR) is 121 cm³/mol. The van der Waals surface area contributed by atoms with Crippen molar-refractivity contribution in [3.8, 4) is 24.3 Å². The largest absolute Gasteiger partial charge is 0.251 e. The molecule has 0 aliphatic heterocycles. The molecule has 0 aliphatic carbocycles. The molecule has 0 atom stereocenters. The van der Waals surface area contributed by atoms with E-state index in [0.717, 1.165) is 29.9 Å². The lowest BCUT2D eigenvalue weighted by Crippen LogP contribution is -1.96. The number of thiophene rings is 3. The van der Waals surface area contributed by atoms with Crippen LogP contribution in [0, 0.1) is 45.3 Å². The van der Waals surface area contributed by atoms with Crippen molar-refractivity contribution in [2.75, 3.05) is 0 Å². The van der Waals surface area contributed by atoms with Crippen LogP contribution in [0.15, 0.2) is 36.7 Å². The van der Waals surface area contributed by atoms with E-state index < -0.39 is 0 Å². The molecule has 4 heterocycles. The molecule has 6 nitrogen and oxygen atoms in total. The number of rotatable bonds is 2. The van der Waals surface area contributed by atoms with Crippen molar-refractivity contribution in [2.24, 2.45) is 0 Å². The molecular formula is C22H8N6S3. The van der Waals surface area contributed by atoms with E-state index in [1.54, 1.807) is 24.5 Å². The zero-order chi connectivity index (χ0) is 21.8. The van der Waals surface area contributed by atoms with Gasteiger partial charge in [0.25, 0.3) is 0 Å². The van der Waals surface area contributed by atoms with Gasteiger partial charge in [-0.15, -0.1) is 34.0 Å². The summed E-state index contributed by atoms with van der Waals surface area (Å²) in [4.78, 5) is 10.8. The van der Waals surface area contributed by atoms with Crippen LogP contribution in [-0.2, 0) is 0 Å². The summed E-state index contributed by atoms with van der Waals surface area (Å²) in [5.41, 5.74) is 1.70. The molecule has 31 heavy (non-hydrogen) atoms. The van der Waals surface area contributed by atoms with Gasteiger partial charge in [-0.3, -0.25) is 9.97 Å². The minimum Gasteiger partial charge on any atom is -0.251 e. The molecule has 144 valence electrons. The molecule has 0 fully saturated rings. The number of aromatic nitrogens is 2. The summed E-state index contributed by atoms with van der Waals surface area (Å²) in [6.45, 7) is 0. The smallest absolute Gasteiger partial charge is 0.146 e. The fourth-order valence-corrected chi connectivity index (χ4v) is 5.81. The number of nitrogens with zero attached hydrogens (tertiary/aromatic N) is 6. The van der Waals surface area contributed by atoms with Crippen LogP contribution in [-0.4, -0.2) is 9.97 Å². The fourth-order valence-electron chi connectivity index (χ4n) is 2.77. The average Bonchev–Trinajstić information content (AvgIpc) is 3.52. The Balaban J connectivity index is 1.90. The molecule has 0 aliphatic rings. The third-order valence-corrected chi connectivity index (χ3v) is 7.29. The van der Waals surface area contributed by atoms with Crippen LogP contribution in [0.5, 0.6) is 0 Å². The minimum absolute atomic E-state index is 0.0916. The molecule has 0 spiro atoms. The van der Waals surface area contributed by atoms with E-state index in [4.69, 9.17) is 21.0 Å². The van der Waals surface area contributed by atoms with Gasteiger partial charge in [0.15, 0.2) is 0 Å². The maximum absolute atomic E-state index is 9.06. The molecule has 0 saturated heterocycles. The highest BCUT2D eigenvalue weighted by Crippen LogP contribution is 2.29. The Morgan fingerprint density at radius 2 is 1.06 bits per heavy atom. The van der Waals surface area contributed by atoms with E-state index in [1.165, 1.54) is 34.0 Å². The topological polar surface area (TPSA) is 121 Å². The molecule has 0 amide bonds. The highest BCUT2D eigenvalue weighted by atomic mass is 32.1. The molecule has 0 unspecified atom stereocenters. The Bertz CT molecular complexity index is 1580. The van der Waals surface area contributed by atoms with Crippen LogP contribution in [0.4, 0.5) is 0 Å². The highest BCUT2D eigenvalue weighted by Gasteiger charge is 2.10. The first-order valence-corrected chi connectivity index (χ1v) is 11.1. The van der Waals surface area contributed by atoms with Gasteiger partial charge < -0.3 is 0 Å². The minimum atomic E-state index is 0.0916. The summed E-state index contributed by atoms with van der Waals surface area (Å²) >= 11 is 4.26. The molecular weight excluding hydrogens is 444 g/mol. The second kappa shape index (κ2) is 8.71. The van der Waals surface area contributed by atoms with E-state index in [1.807, 2.05) is 48.6 Å². The molecule has 4 rings (SSSR count). The molecule has 0 saturated carbocycles. The van der Waals surface area contributed by atoms with Crippen molar-refractivity contribution < 1.29 is 0 Å². The molecule has 4 aromatic heterocycles. The van der Waals surface area contributed by atoms with Gasteiger partial charge >= 0.3 is 0 Å². The van der Waals surface area contributed by atoms with Gasteiger partial charge in [-0.2, -0.15) is 21.0 Å². The van der Waals surface area contributed by atoms with Gasteiger partial charge in [0.1, 0.15) is 46.5 Å². The van der Waals surface area contributed by atoms with Gasteiger partial charge in [-0.25, -0.2) is 0 Å². The number of hydrogen-bond acceptors (Lipinski definition) is 9. The first-order valence-electron chi connectivity index (χ1n) is 8.64. The van der Waals surface area contributed by atoms with Gasteiger partial charge in [-0.1, -0.05) is 0 Å². The van der Waals surface area contributed by atoms with Gasteiger partial charge in [-0.05, 0) is 36.4 Å². The first-order chi connectivity index (χ1) is 15.2. The van der Waals surface area contributed by atoms with Crippen molar-refractivity contribution in [2.45, 2.75) is 0 Å². The molecule has 4 aromatic rings. The van der Waals surface area contributed by atoms with Crippen LogP contribution in [0.2, 0.25) is 0 Å². The predicted octanol–water partition coefficient (Wildman–Crippen LogP) is 1.87. The van der Waals surface area contributed by atoms with Crippen LogP contribution in [0.1, 0.15) is 9.75 Å². The summed E-state index contributed by atoms with van der Waals surface area (Å²) in [6.07, 6.45) is 7.21. The first kappa shape index (κ1) is 20.2. The molecule has 9 heteroatoms. The van der Waals surface area contributed by atoms with E-state index in [-0.39, 0.29) is 11.1 Å². The molecule has 0 N–H and O–H groups in total. The van der Waals surface area contributed by atoms with Crippen molar-refractivity contribution in [1.82, 2.24) is 9.97 Å². The summed E-state index contributed by atoms with van der Waals surface area (Å²) in [5.74, 6) is 0. The van der Waals surface area contributed by atoms with Gasteiger partial charge in [0, 0.05) is 21.5 Å². The third-order valence-electron chi connectivity index (χ3n) is 4.13. The Hall–Kier alpha value is -4.12. The number of fused-ring (bicyclic) bond motifs is 1. The summed E-state index contributed by atoms with van der Waals surface area (Å²) in [5, 5.41) is 36.2. The SMILES string of the molecule is N#CC(C#N)=c1cc/c(=C\c2sc(/C=c3\ccc(=C(C#N)C#N)s3)c3nccnc23)s1. The Morgan fingerprint density at radius 1 is 0.645 bits per heavy atom. The van der Waals surface area contributed by atoms with Crippen LogP contribution < -0.4 is 18.1 Å².